The zero-order chi connectivity index (χ0) is 12.7. The Bertz CT molecular complexity index is 320. The number of aliphatic hydroxyl groups is 1. The summed E-state index contributed by atoms with van der Waals surface area (Å²) >= 11 is 1.58. The second-order valence-corrected chi connectivity index (χ2v) is 5.24. The topological polar surface area (TPSA) is 49.3 Å². The number of hydrogen-bond donors (Lipinski definition) is 2. The average Bonchev–Trinajstić information content (AvgIpc) is 2.81. The lowest BCUT2D eigenvalue weighted by molar-refractivity contribution is -0.121. The number of carbonyl (C=O) groups excluding carboxylic acids is 1. The minimum atomic E-state index is -0.433. The Morgan fingerprint density at radius 1 is 1.47 bits per heavy atom. The fraction of sp³-hybridized carbons (Fsp3) is 0.615. The molecule has 0 spiro atoms. The van der Waals surface area contributed by atoms with Gasteiger partial charge < -0.3 is 10.4 Å². The van der Waals surface area contributed by atoms with E-state index in [2.05, 4.69) is 19.2 Å². The quantitative estimate of drug-likeness (QED) is 0.785. The normalized spacial score (nSPS) is 12.7. The number of carbonyl (C=O) groups is 1. The third-order valence-corrected chi connectivity index (χ3v) is 3.89. The molecule has 0 saturated heterocycles. The summed E-state index contributed by atoms with van der Waals surface area (Å²) in [7, 11) is 0. The van der Waals surface area contributed by atoms with E-state index in [0.29, 0.717) is 13.0 Å². The lowest BCUT2D eigenvalue weighted by atomic mass is 9.96. The molecule has 1 aromatic heterocycles. The number of hydrogen-bond acceptors (Lipinski definition) is 3. The molecular formula is C13H21NO2S. The van der Waals surface area contributed by atoms with Crippen molar-refractivity contribution in [3.8, 4) is 0 Å². The van der Waals surface area contributed by atoms with Crippen LogP contribution in [0.3, 0.4) is 0 Å². The highest BCUT2D eigenvalue weighted by Crippen LogP contribution is 2.12. The summed E-state index contributed by atoms with van der Waals surface area (Å²) in [5.74, 6) is 0.259. The molecule has 1 amide bonds. The summed E-state index contributed by atoms with van der Waals surface area (Å²) < 4.78 is 0. The van der Waals surface area contributed by atoms with Crippen molar-refractivity contribution >= 4 is 17.2 Å². The first kappa shape index (κ1) is 14.2. The van der Waals surface area contributed by atoms with E-state index in [1.54, 1.807) is 11.3 Å². The van der Waals surface area contributed by atoms with Crippen molar-refractivity contribution in [3.05, 3.63) is 22.4 Å². The van der Waals surface area contributed by atoms with Gasteiger partial charge in [0.2, 0.25) is 5.91 Å². The molecule has 0 aliphatic carbocycles. The molecular weight excluding hydrogens is 234 g/mol. The Hall–Kier alpha value is -0.870. The van der Waals surface area contributed by atoms with Crippen molar-refractivity contribution in [2.45, 2.75) is 39.2 Å². The molecule has 0 aliphatic heterocycles. The van der Waals surface area contributed by atoms with E-state index >= 15 is 0 Å². The maximum atomic E-state index is 11.6. The number of thiophene rings is 1. The highest BCUT2D eigenvalue weighted by molar-refractivity contribution is 7.10. The molecule has 1 rings (SSSR count). The monoisotopic (exact) mass is 255 g/mol. The standard InChI is InChI=1S/C13H21NO2S/c1-3-10(4-2)12(15)9-14-13(16)8-11-6-5-7-17-11/h5-7,10,12,15H,3-4,8-9H2,1-2H3,(H,14,16). The third kappa shape index (κ3) is 4.88. The molecule has 0 aromatic carbocycles. The molecule has 2 N–H and O–H groups in total. The van der Waals surface area contributed by atoms with Crippen LogP contribution in [0, 0.1) is 5.92 Å². The summed E-state index contributed by atoms with van der Waals surface area (Å²) in [6, 6.07) is 3.88. The van der Waals surface area contributed by atoms with Crippen LogP contribution in [0.2, 0.25) is 0 Å². The zero-order valence-corrected chi connectivity index (χ0v) is 11.3. The van der Waals surface area contributed by atoms with Crippen molar-refractivity contribution in [1.82, 2.24) is 5.32 Å². The SMILES string of the molecule is CCC(CC)C(O)CNC(=O)Cc1cccs1. The summed E-state index contributed by atoms with van der Waals surface area (Å²) in [5.41, 5.74) is 0. The first-order valence-electron chi connectivity index (χ1n) is 6.14. The lowest BCUT2D eigenvalue weighted by Gasteiger charge is -2.20. The van der Waals surface area contributed by atoms with Crippen LogP contribution in [0.25, 0.3) is 0 Å². The van der Waals surface area contributed by atoms with Crippen LogP contribution in [-0.2, 0) is 11.2 Å². The molecule has 0 bridgehead atoms. The van der Waals surface area contributed by atoms with Gasteiger partial charge in [0, 0.05) is 11.4 Å². The summed E-state index contributed by atoms with van der Waals surface area (Å²) in [4.78, 5) is 12.7. The van der Waals surface area contributed by atoms with Crippen LogP contribution in [0.1, 0.15) is 31.6 Å². The fourth-order valence-electron chi connectivity index (χ4n) is 1.85. The number of aliphatic hydroxyl groups excluding tert-OH is 1. The van der Waals surface area contributed by atoms with E-state index in [1.807, 2.05) is 17.5 Å². The predicted molar refractivity (Wildman–Crippen MR) is 71.1 cm³/mol. The Balaban J connectivity index is 2.28. The van der Waals surface area contributed by atoms with Gasteiger partial charge in [0.15, 0.2) is 0 Å². The maximum Gasteiger partial charge on any atom is 0.225 e. The van der Waals surface area contributed by atoms with E-state index in [-0.39, 0.29) is 11.8 Å². The molecule has 0 saturated carbocycles. The average molecular weight is 255 g/mol. The number of rotatable bonds is 7. The van der Waals surface area contributed by atoms with Crippen molar-refractivity contribution in [2.24, 2.45) is 5.92 Å². The Morgan fingerprint density at radius 2 is 2.18 bits per heavy atom. The van der Waals surface area contributed by atoms with Gasteiger partial charge in [0.1, 0.15) is 0 Å². The molecule has 3 nitrogen and oxygen atoms in total. The first-order valence-corrected chi connectivity index (χ1v) is 7.02. The first-order chi connectivity index (χ1) is 8.17. The molecule has 0 fully saturated rings. The second kappa shape index (κ2) is 7.45. The van der Waals surface area contributed by atoms with Crippen molar-refractivity contribution in [2.75, 3.05) is 6.54 Å². The van der Waals surface area contributed by atoms with E-state index in [4.69, 9.17) is 0 Å². The van der Waals surface area contributed by atoms with Crippen molar-refractivity contribution < 1.29 is 9.90 Å². The van der Waals surface area contributed by atoms with Crippen LogP contribution in [0.5, 0.6) is 0 Å². The molecule has 0 radical (unpaired) electrons. The summed E-state index contributed by atoms with van der Waals surface area (Å²) in [6.07, 6.45) is 1.86. The number of amides is 1. The van der Waals surface area contributed by atoms with Gasteiger partial charge in [0.05, 0.1) is 12.5 Å². The Morgan fingerprint density at radius 3 is 2.71 bits per heavy atom. The minimum Gasteiger partial charge on any atom is -0.391 e. The molecule has 96 valence electrons. The zero-order valence-electron chi connectivity index (χ0n) is 10.5. The Kier molecular flexibility index (Phi) is 6.22. The second-order valence-electron chi connectivity index (χ2n) is 4.20. The molecule has 1 aromatic rings. The van der Waals surface area contributed by atoms with Crippen LogP contribution < -0.4 is 5.32 Å². The predicted octanol–water partition coefficient (Wildman–Crippen LogP) is 2.20. The van der Waals surface area contributed by atoms with Gasteiger partial charge in [-0.15, -0.1) is 11.3 Å². The molecule has 1 atom stereocenters. The van der Waals surface area contributed by atoms with Gasteiger partial charge in [-0.3, -0.25) is 4.79 Å². The highest BCUT2D eigenvalue weighted by atomic mass is 32.1. The summed E-state index contributed by atoms with van der Waals surface area (Å²) in [6.45, 7) is 4.48. The highest BCUT2D eigenvalue weighted by Gasteiger charge is 2.16. The Labute approximate surface area is 107 Å². The van der Waals surface area contributed by atoms with E-state index in [9.17, 15) is 9.90 Å². The van der Waals surface area contributed by atoms with E-state index in [1.165, 1.54) is 0 Å². The smallest absolute Gasteiger partial charge is 0.225 e. The van der Waals surface area contributed by atoms with Crippen LogP contribution >= 0.6 is 11.3 Å². The maximum absolute atomic E-state index is 11.6. The molecule has 1 heterocycles. The van der Waals surface area contributed by atoms with Gasteiger partial charge in [-0.25, -0.2) is 0 Å². The van der Waals surface area contributed by atoms with E-state index < -0.39 is 6.10 Å². The van der Waals surface area contributed by atoms with Gasteiger partial charge in [-0.05, 0) is 17.4 Å². The minimum absolute atomic E-state index is 0.0162. The molecule has 4 heteroatoms. The van der Waals surface area contributed by atoms with Gasteiger partial charge in [-0.1, -0.05) is 32.8 Å². The van der Waals surface area contributed by atoms with Crippen molar-refractivity contribution in [1.29, 1.82) is 0 Å². The van der Waals surface area contributed by atoms with Gasteiger partial charge in [-0.2, -0.15) is 0 Å². The molecule has 0 aliphatic rings. The van der Waals surface area contributed by atoms with Crippen molar-refractivity contribution in [3.63, 3.8) is 0 Å². The summed E-state index contributed by atoms with van der Waals surface area (Å²) in [5, 5.41) is 14.6. The lowest BCUT2D eigenvalue weighted by Crippen LogP contribution is -2.36. The van der Waals surface area contributed by atoms with Gasteiger partial charge >= 0.3 is 0 Å². The fourth-order valence-corrected chi connectivity index (χ4v) is 2.56. The van der Waals surface area contributed by atoms with Crippen LogP contribution in [0.15, 0.2) is 17.5 Å². The molecule has 1 unspecified atom stereocenters. The van der Waals surface area contributed by atoms with E-state index in [0.717, 1.165) is 17.7 Å². The molecule has 17 heavy (non-hydrogen) atoms. The third-order valence-electron chi connectivity index (χ3n) is 3.02. The largest absolute Gasteiger partial charge is 0.391 e. The van der Waals surface area contributed by atoms with Crippen LogP contribution in [0.4, 0.5) is 0 Å². The number of nitrogens with one attached hydrogen (secondary N) is 1. The van der Waals surface area contributed by atoms with Crippen LogP contribution in [-0.4, -0.2) is 23.7 Å². The van der Waals surface area contributed by atoms with Gasteiger partial charge in [0.25, 0.3) is 0 Å².